The molecule has 0 atom stereocenters. The van der Waals surface area contributed by atoms with E-state index in [4.69, 9.17) is 4.74 Å². The lowest BCUT2D eigenvalue weighted by atomic mass is 9.99. The second kappa shape index (κ2) is 25.2. The number of halogens is 1. The number of nitrogens with zero attached hydrogens (tertiary/aromatic N) is 1. The predicted molar refractivity (Wildman–Crippen MR) is 195 cm³/mol. The van der Waals surface area contributed by atoms with Crippen molar-refractivity contribution in [3.8, 4) is 0 Å². The number of hydrogen-bond donors (Lipinski definition) is 0. The summed E-state index contributed by atoms with van der Waals surface area (Å²) >= 11 is 3.53. The minimum absolute atomic E-state index is 0.188. The molecule has 0 unspecified atom stereocenters. The van der Waals surface area contributed by atoms with E-state index < -0.39 is 0 Å². The van der Waals surface area contributed by atoms with Gasteiger partial charge in [-0.05, 0) is 50.7 Å². The zero-order valence-electron chi connectivity index (χ0n) is 29.1. The van der Waals surface area contributed by atoms with Crippen molar-refractivity contribution in [2.75, 3.05) is 5.33 Å². The molecule has 0 saturated carbocycles. The second-order valence-electron chi connectivity index (χ2n) is 13.1. The Hall–Kier alpha value is -1.88. The second-order valence-corrected chi connectivity index (χ2v) is 13.8. The maximum absolute atomic E-state index is 13.5. The molecule has 254 valence electrons. The molecule has 5 heteroatoms. The Kier molecular flexibility index (Phi) is 22.0. The minimum atomic E-state index is -0.188. The van der Waals surface area contributed by atoms with Gasteiger partial charge in [-0.2, -0.15) is 0 Å². The lowest BCUT2D eigenvalue weighted by Gasteiger charge is -2.13. The largest absolute Gasteiger partial charge is 0.461 e. The molecule has 0 saturated heterocycles. The molecule has 2 rings (SSSR count). The van der Waals surface area contributed by atoms with Gasteiger partial charge in [-0.1, -0.05) is 156 Å². The van der Waals surface area contributed by atoms with Gasteiger partial charge < -0.3 is 9.30 Å². The van der Waals surface area contributed by atoms with Crippen molar-refractivity contribution in [3.05, 3.63) is 58.4 Å². The Labute approximate surface area is 284 Å². The highest BCUT2D eigenvalue weighted by Crippen LogP contribution is 2.27. The molecule has 1 aromatic carbocycles. The van der Waals surface area contributed by atoms with Crippen molar-refractivity contribution in [1.29, 1.82) is 0 Å². The van der Waals surface area contributed by atoms with Gasteiger partial charge in [0.1, 0.15) is 6.61 Å². The molecule has 0 radical (unpaired) electrons. The average molecular weight is 687 g/mol. The van der Waals surface area contributed by atoms with E-state index >= 15 is 0 Å². The van der Waals surface area contributed by atoms with Crippen LogP contribution < -0.4 is 0 Å². The van der Waals surface area contributed by atoms with Crippen LogP contribution in [0.4, 0.5) is 0 Å². The molecule has 0 fully saturated rings. The van der Waals surface area contributed by atoms with Gasteiger partial charge in [-0.3, -0.25) is 9.59 Å². The van der Waals surface area contributed by atoms with Crippen LogP contribution in [-0.2, 0) is 29.1 Å². The van der Waals surface area contributed by atoms with Crippen LogP contribution in [-0.4, -0.2) is 21.6 Å². The summed E-state index contributed by atoms with van der Waals surface area (Å²) in [5.41, 5.74) is 5.16. The van der Waals surface area contributed by atoms with Crippen molar-refractivity contribution in [2.45, 2.75) is 175 Å². The van der Waals surface area contributed by atoms with E-state index in [0.717, 1.165) is 59.2 Å². The first-order valence-electron chi connectivity index (χ1n) is 18.5. The molecule has 0 aliphatic heterocycles. The van der Waals surface area contributed by atoms with Crippen LogP contribution in [0.5, 0.6) is 0 Å². The third-order valence-corrected chi connectivity index (χ3v) is 9.82. The maximum Gasteiger partial charge on any atom is 0.306 e. The number of carbonyl (C=O) groups is 2. The average Bonchev–Trinajstić information content (AvgIpc) is 3.28. The summed E-state index contributed by atoms with van der Waals surface area (Å²) in [6.07, 6.45) is 26.1. The van der Waals surface area contributed by atoms with Crippen LogP contribution in [0, 0.1) is 13.8 Å². The molecule has 2 aromatic rings. The third kappa shape index (κ3) is 16.5. The smallest absolute Gasteiger partial charge is 0.306 e. The first-order chi connectivity index (χ1) is 22.0. The van der Waals surface area contributed by atoms with Crippen LogP contribution >= 0.6 is 15.9 Å². The zero-order chi connectivity index (χ0) is 32.5. The molecule has 1 aromatic heterocycles. The van der Waals surface area contributed by atoms with Crippen LogP contribution in [0.25, 0.3) is 0 Å². The SMILES string of the molecule is CCCCCCCCCCCCCCCCCC(=O)c1c(C)c(CCC(=O)OCc2ccccc2)n(CCCCCCBr)c1C. The number of alkyl halides is 1. The zero-order valence-corrected chi connectivity index (χ0v) is 30.7. The van der Waals surface area contributed by atoms with Crippen molar-refractivity contribution in [2.24, 2.45) is 0 Å². The van der Waals surface area contributed by atoms with Gasteiger partial charge in [0.25, 0.3) is 0 Å². The first kappa shape index (κ1) is 39.3. The molecule has 4 nitrogen and oxygen atoms in total. The van der Waals surface area contributed by atoms with Gasteiger partial charge in [0.15, 0.2) is 5.78 Å². The highest BCUT2D eigenvalue weighted by molar-refractivity contribution is 9.09. The summed E-state index contributed by atoms with van der Waals surface area (Å²) in [5.74, 6) is 0.0808. The van der Waals surface area contributed by atoms with Crippen molar-refractivity contribution >= 4 is 27.7 Å². The van der Waals surface area contributed by atoms with Crippen LogP contribution in [0.2, 0.25) is 0 Å². The Morgan fingerprint density at radius 3 is 1.80 bits per heavy atom. The third-order valence-electron chi connectivity index (χ3n) is 9.26. The molecule has 0 bridgehead atoms. The number of unbranched alkanes of at least 4 members (excludes halogenated alkanes) is 17. The van der Waals surface area contributed by atoms with Crippen LogP contribution in [0.15, 0.2) is 30.3 Å². The molecule has 1 heterocycles. The molecular formula is C40H64BrNO3. The lowest BCUT2D eigenvalue weighted by molar-refractivity contribution is -0.144. The summed E-state index contributed by atoms with van der Waals surface area (Å²) < 4.78 is 7.88. The first-order valence-corrected chi connectivity index (χ1v) is 19.6. The van der Waals surface area contributed by atoms with Gasteiger partial charge in [0.05, 0.1) is 6.42 Å². The fourth-order valence-electron chi connectivity index (χ4n) is 6.52. The summed E-state index contributed by atoms with van der Waals surface area (Å²) in [5, 5.41) is 1.04. The van der Waals surface area contributed by atoms with Crippen molar-refractivity contribution in [1.82, 2.24) is 4.57 Å². The van der Waals surface area contributed by atoms with E-state index in [-0.39, 0.29) is 11.8 Å². The van der Waals surface area contributed by atoms with E-state index in [0.29, 0.717) is 25.9 Å². The van der Waals surface area contributed by atoms with Gasteiger partial charge in [-0.25, -0.2) is 0 Å². The van der Waals surface area contributed by atoms with Crippen LogP contribution in [0.1, 0.15) is 175 Å². The molecule has 0 aliphatic carbocycles. The highest BCUT2D eigenvalue weighted by Gasteiger charge is 2.22. The molecule has 45 heavy (non-hydrogen) atoms. The number of rotatable bonds is 28. The van der Waals surface area contributed by atoms with E-state index in [1.807, 2.05) is 30.3 Å². The Morgan fingerprint density at radius 2 is 1.22 bits per heavy atom. The topological polar surface area (TPSA) is 48.3 Å². The molecule has 0 spiro atoms. The minimum Gasteiger partial charge on any atom is -0.461 e. The molecule has 0 aliphatic rings. The molecule has 0 N–H and O–H groups in total. The Balaban J connectivity index is 1.77. The quantitative estimate of drug-likeness (QED) is 0.0387. The van der Waals surface area contributed by atoms with E-state index in [9.17, 15) is 9.59 Å². The number of benzene rings is 1. The summed E-state index contributed by atoms with van der Waals surface area (Å²) in [6, 6.07) is 9.82. The van der Waals surface area contributed by atoms with Crippen molar-refractivity contribution < 1.29 is 14.3 Å². The standard InChI is InChI=1S/C40H64BrNO3/c1-4-5-6-7-8-9-10-11-12-13-14-15-16-17-23-28-38(43)40-34(2)37(42(35(40)3)32-25-19-18-24-31-41)29-30-39(44)45-33-36-26-21-20-22-27-36/h20-22,26-27H,4-19,23-25,28-33H2,1-3H3. The highest BCUT2D eigenvalue weighted by atomic mass is 79.9. The monoisotopic (exact) mass is 685 g/mol. The van der Waals surface area contributed by atoms with Gasteiger partial charge in [-0.15, -0.1) is 0 Å². The van der Waals surface area contributed by atoms with E-state index in [1.165, 1.54) is 103 Å². The predicted octanol–water partition coefficient (Wildman–Crippen LogP) is 12.2. The van der Waals surface area contributed by atoms with Crippen molar-refractivity contribution in [3.63, 3.8) is 0 Å². The van der Waals surface area contributed by atoms with Crippen LogP contribution in [0.3, 0.4) is 0 Å². The van der Waals surface area contributed by atoms with Gasteiger partial charge in [0.2, 0.25) is 0 Å². The lowest BCUT2D eigenvalue weighted by Crippen LogP contribution is -2.10. The molecular weight excluding hydrogens is 622 g/mol. The Morgan fingerprint density at radius 1 is 0.689 bits per heavy atom. The van der Waals surface area contributed by atoms with E-state index in [1.54, 1.807) is 0 Å². The maximum atomic E-state index is 13.5. The fraction of sp³-hybridized carbons (Fsp3) is 0.700. The number of aromatic nitrogens is 1. The summed E-state index contributed by atoms with van der Waals surface area (Å²) in [7, 11) is 0. The van der Waals surface area contributed by atoms with Gasteiger partial charge in [0, 0.05) is 35.2 Å². The normalized spacial score (nSPS) is 11.3. The number of esters is 1. The fourth-order valence-corrected chi connectivity index (χ4v) is 6.92. The number of hydrogen-bond acceptors (Lipinski definition) is 3. The number of Topliss-reactive ketones (excluding diaryl/α,β-unsaturated/α-hetero) is 1. The number of ketones is 1. The summed E-state index contributed by atoms with van der Waals surface area (Å²) in [4.78, 5) is 26.1. The number of carbonyl (C=O) groups excluding carboxylic acids is 2. The van der Waals surface area contributed by atoms with E-state index in [2.05, 4.69) is 41.3 Å². The summed E-state index contributed by atoms with van der Waals surface area (Å²) in [6.45, 7) is 7.66. The molecule has 0 amide bonds. The number of ether oxygens (including phenoxy) is 1. The van der Waals surface area contributed by atoms with Gasteiger partial charge >= 0.3 is 5.97 Å². The Bertz CT molecular complexity index is 1060.